The Bertz CT molecular complexity index is 672. The van der Waals surface area contributed by atoms with Crippen molar-refractivity contribution in [3.63, 3.8) is 0 Å². The van der Waals surface area contributed by atoms with Gasteiger partial charge < -0.3 is 9.80 Å². The molecule has 0 radical (unpaired) electrons. The molecule has 6 heteroatoms. The minimum Gasteiger partial charge on any atom is -0.339 e. The molecule has 2 heterocycles. The second-order valence-electron chi connectivity index (χ2n) is 7.07. The van der Waals surface area contributed by atoms with Crippen molar-refractivity contribution in [3.8, 4) is 0 Å². The van der Waals surface area contributed by atoms with Crippen LogP contribution >= 0.6 is 0 Å². The molecule has 6 nitrogen and oxygen atoms in total. The molecule has 1 aliphatic rings. The molecule has 0 aliphatic carbocycles. The summed E-state index contributed by atoms with van der Waals surface area (Å²) in [5, 5.41) is 4.10. The van der Waals surface area contributed by atoms with Crippen molar-refractivity contribution in [2.45, 2.75) is 45.3 Å². The summed E-state index contributed by atoms with van der Waals surface area (Å²) in [5.41, 5.74) is 1.85. The lowest BCUT2D eigenvalue weighted by Gasteiger charge is -2.38. The van der Waals surface area contributed by atoms with E-state index >= 15 is 0 Å². The molecule has 2 aromatic rings. The Balaban J connectivity index is 1.58. The number of carbonyl (C=O) groups is 1. The van der Waals surface area contributed by atoms with Crippen LogP contribution in [-0.4, -0.2) is 62.7 Å². The van der Waals surface area contributed by atoms with Gasteiger partial charge in [-0.1, -0.05) is 12.1 Å². The second kappa shape index (κ2) is 7.78. The van der Waals surface area contributed by atoms with Gasteiger partial charge in [-0.15, -0.1) is 0 Å². The van der Waals surface area contributed by atoms with E-state index in [2.05, 4.69) is 28.8 Å². The summed E-state index contributed by atoms with van der Waals surface area (Å²) in [6, 6.07) is 8.72. The van der Waals surface area contributed by atoms with Gasteiger partial charge in [-0.25, -0.2) is 9.67 Å². The Labute approximate surface area is 149 Å². The fourth-order valence-corrected chi connectivity index (χ4v) is 3.41. The minimum absolute atomic E-state index is 0.107. The van der Waals surface area contributed by atoms with Crippen molar-refractivity contribution in [1.29, 1.82) is 0 Å². The van der Waals surface area contributed by atoms with E-state index in [1.54, 1.807) is 11.0 Å². The zero-order chi connectivity index (χ0) is 17.8. The fourth-order valence-electron chi connectivity index (χ4n) is 3.41. The Hall–Kier alpha value is -2.21. The van der Waals surface area contributed by atoms with Gasteiger partial charge in [0.15, 0.2) is 0 Å². The van der Waals surface area contributed by atoms with Gasteiger partial charge in [-0.05, 0) is 44.4 Å². The summed E-state index contributed by atoms with van der Waals surface area (Å²) in [7, 11) is 1.93. The number of benzene rings is 1. The third-order valence-electron chi connectivity index (χ3n) is 5.11. The van der Waals surface area contributed by atoms with Crippen LogP contribution in [0.4, 0.5) is 0 Å². The first-order chi connectivity index (χ1) is 12.0. The van der Waals surface area contributed by atoms with Crippen LogP contribution in [0.5, 0.6) is 0 Å². The molecule has 25 heavy (non-hydrogen) atoms. The maximum atomic E-state index is 12.8. The predicted octanol–water partition coefficient (Wildman–Crippen LogP) is 2.27. The van der Waals surface area contributed by atoms with E-state index in [1.807, 2.05) is 36.2 Å². The van der Waals surface area contributed by atoms with E-state index in [0.717, 1.165) is 37.1 Å². The fraction of sp³-hybridized carbons (Fsp3) is 0.526. The number of hydrogen-bond donors (Lipinski definition) is 0. The predicted molar refractivity (Wildman–Crippen MR) is 97.4 cm³/mol. The highest BCUT2D eigenvalue weighted by atomic mass is 16.2. The van der Waals surface area contributed by atoms with Crippen molar-refractivity contribution < 1.29 is 4.79 Å². The van der Waals surface area contributed by atoms with Gasteiger partial charge in [0, 0.05) is 37.8 Å². The second-order valence-corrected chi connectivity index (χ2v) is 7.07. The monoisotopic (exact) mass is 341 g/mol. The topological polar surface area (TPSA) is 54.3 Å². The molecule has 0 spiro atoms. The molecule has 0 N–H and O–H groups in total. The molecule has 0 unspecified atom stereocenters. The molecule has 1 saturated heterocycles. The summed E-state index contributed by atoms with van der Waals surface area (Å²) in [5.74, 6) is 0.107. The normalized spacial score (nSPS) is 16.3. The van der Waals surface area contributed by atoms with Crippen molar-refractivity contribution in [2.24, 2.45) is 0 Å². The van der Waals surface area contributed by atoms with E-state index < -0.39 is 0 Å². The molecule has 1 fully saturated rings. The van der Waals surface area contributed by atoms with Crippen LogP contribution in [0.3, 0.4) is 0 Å². The van der Waals surface area contributed by atoms with Crippen LogP contribution in [0.15, 0.2) is 36.9 Å². The molecular formula is C19H27N5O. The summed E-state index contributed by atoms with van der Waals surface area (Å²) in [6.45, 7) is 7.26. The van der Waals surface area contributed by atoms with Crippen LogP contribution in [0.25, 0.3) is 0 Å². The number of piperidine rings is 1. The van der Waals surface area contributed by atoms with Gasteiger partial charge in [0.2, 0.25) is 0 Å². The molecule has 1 amide bonds. The quantitative estimate of drug-likeness (QED) is 0.837. The highest BCUT2D eigenvalue weighted by molar-refractivity contribution is 5.94. The zero-order valence-corrected chi connectivity index (χ0v) is 15.3. The largest absolute Gasteiger partial charge is 0.339 e. The number of amides is 1. The van der Waals surface area contributed by atoms with E-state index in [4.69, 9.17) is 0 Å². The van der Waals surface area contributed by atoms with Gasteiger partial charge in [0.05, 0.1) is 6.54 Å². The Morgan fingerprint density at radius 3 is 2.48 bits per heavy atom. The number of hydrogen-bond acceptors (Lipinski definition) is 4. The van der Waals surface area contributed by atoms with Crippen molar-refractivity contribution in [1.82, 2.24) is 24.6 Å². The molecule has 0 bridgehead atoms. The lowest BCUT2D eigenvalue weighted by molar-refractivity contribution is 0.0615. The first kappa shape index (κ1) is 17.6. The first-order valence-corrected chi connectivity index (χ1v) is 8.97. The summed E-state index contributed by atoms with van der Waals surface area (Å²) < 4.78 is 1.77. The van der Waals surface area contributed by atoms with Crippen LogP contribution in [0.1, 0.15) is 42.6 Å². The zero-order valence-electron chi connectivity index (χ0n) is 15.3. The lowest BCUT2D eigenvalue weighted by Crippen LogP contribution is -2.47. The van der Waals surface area contributed by atoms with Crippen LogP contribution in [0.2, 0.25) is 0 Å². The molecule has 3 rings (SSSR count). The average Bonchev–Trinajstić information content (AvgIpc) is 3.14. The van der Waals surface area contributed by atoms with Gasteiger partial charge in [-0.2, -0.15) is 5.10 Å². The molecule has 0 atom stereocenters. The molecular weight excluding hydrogens is 314 g/mol. The highest BCUT2D eigenvalue weighted by Gasteiger charge is 2.26. The van der Waals surface area contributed by atoms with Gasteiger partial charge in [0.1, 0.15) is 12.7 Å². The summed E-state index contributed by atoms with van der Waals surface area (Å²) in [4.78, 5) is 21.1. The lowest BCUT2D eigenvalue weighted by atomic mass is 10.0. The van der Waals surface area contributed by atoms with E-state index in [9.17, 15) is 4.79 Å². The van der Waals surface area contributed by atoms with E-state index in [0.29, 0.717) is 18.6 Å². The van der Waals surface area contributed by atoms with Crippen molar-refractivity contribution in [3.05, 3.63) is 48.0 Å². The molecule has 1 aliphatic heterocycles. The maximum Gasteiger partial charge on any atom is 0.253 e. The Kier molecular flexibility index (Phi) is 5.48. The number of carbonyl (C=O) groups excluding carboxylic acids is 1. The third kappa shape index (κ3) is 4.25. The van der Waals surface area contributed by atoms with Gasteiger partial charge >= 0.3 is 0 Å². The van der Waals surface area contributed by atoms with Gasteiger partial charge in [0.25, 0.3) is 5.91 Å². The highest BCUT2D eigenvalue weighted by Crippen LogP contribution is 2.19. The maximum absolute atomic E-state index is 12.8. The third-order valence-corrected chi connectivity index (χ3v) is 5.11. The van der Waals surface area contributed by atoms with E-state index in [-0.39, 0.29) is 5.91 Å². The number of nitrogens with zero attached hydrogens (tertiary/aromatic N) is 5. The summed E-state index contributed by atoms with van der Waals surface area (Å²) >= 11 is 0. The van der Waals surface area contributed by atoms with Crippen molar-refractivity contribution >= 4 is 5.91 Å². The van der Waals surface area contributed by atoms with Crippen LogP contribution < -0.4 is 0 Å². The number of likely N-dealkylation sites (tertiary alicyclic amines) is 1. The number of rotatable bonds is 5. The van der Waals surface area contributed by atoms with E-state index in [1.165, 1.54) is 6.33 Å². The van der Waals surface area contributed by atoms with Crippen LogP contribution in [-0.2, 0) is 6.54 Å². The Morgan fingerprint density at radius 1 is 1.24 bits per heavy atom. The first-order valence-electron chi connectivity index (χ1n) is 8.97. The SMILES string of the molecule is CC(C)N1CCC(N(C)C(=O)c2ccc(Cn3cncn3)cc2)CC1. The summed E-state index contributed by atoms with van der Waals surface area (Å²) in [6.07, 6.45) is 5.31. The molecule has 1 aromatic carbocycles. The van der Waals surface area contributed by atoms with Crippen LogP contribution in [0, 0.1) is 0 Å². The average molecular weight is 341 g/mol. The minimum atomic E-state index is 0.107. The standard InChI is InChI=1S/C19H27N5O/c1-15(2)23-10-8-18(9-11-23)22(3)19(25)17-6-4-16(5-7-17)12-24-14-20-13-21-24/h4-7,13-15,18H,8-12H2,1-3H3. The molecule has 1 aromatic heterocycles. The molecule has 134 valence electrons. The smallest absolute Gasteiger partial charge is 0.253 e. The van der Waals surface area contributed by atoms with Crippen molar-refractivity contribution in [2.75, 3.05) is 20.1 Å². The Morgan fingerprint density at radius 2 is 1.92 bits per heavy atom. The molecule has 0 saturated carbocycles. The number of aromatic nitrogens is 3. The van der Waals surface area contributed by atoms with Gasteiger partial charge in [-0.3, -0.25) is 4.79 Å².